The maximum absolute atomic E-state index is 12.8. The number of rotatable bonds is 5. The Labute approximate surface area is 189 Å². The molecule has 0 spiro atoms. The van der Waals surface area contributed by atoms with Crippen LogP contribution in [0.5, 0.6) is 11.5 Å². The molecular weight excluding hydrogens is 415 g/mol. The number of hydrogen-bond acceptors (Lipinski definition) is 8. The zero-order valence-electron chi connectivity index (χ0n) is 16.6. The molecule has 2 saturated heterocycles. The van der Waals surface area contributed by atoms with Gasteiger partial charge >= 0.3 is 29.6 Å². The Morgan fingerprint density at radius 3 is 2.14 bits per heavy atom. The zero-order chi connectivity index (χ0) is 21.0. The van der Waals surface area contributed by atoms with Crippen molar-refractivity contribution in [3.8, 4) is 11.5 Å². The summed E-state index contributed by atoms with van der Waals surface area (Å²) < 4.78 is 34.2. The van der Waals surface area contributed by atoms with Crippen molar-refractivity contribution >= 4 is 27.6 Å². The van der Waals surface area contributed by atoms with Crippen molar-refractivity contribution in [2.24, 2.45) is 0 Å². The molecule has 2 aliphatic rings. The van der Waals surface area contributed by atoms with Crippen LogP contribution in [0.4, 0.5) is 0 Å². The molecule has 1 aromatic carbocycles. The van der Waals surface area contributed by atoms with Crippen LogP contribution in [0, 0.1) is 0 Å². The van der Waals surface area contributed by atoms with E-state index in [1.54, 1.807) is 6.07 Å². The van der Waals surface area contributed by atoms with Crippen LogP contribution in [-0.2, 0) is 19.4 Å². The molecule has 0 unspecified atom stereocenters. The Morgan fingerprint density at radius 1 is 1.17 bits per heavy atom. The summed E-state index contributed by atoms with van der Waals surface area (Å²) in [6, 6.07) is 1.56. The van der Waals surface area contributed by atoms with Crippen LogP contribution < -0.4 is 49.5 Å². The van der Waals surface area contributed by atoms with E-state index in [1.165, 1.54) is 40.2 Å². The maximum Gasteiger partial charge on any atom is 1.00 e. The largest absolute Gasteiger partial charge is 1.00 e. The predicted molar refractivity (Wildman–Crippen MR) is 93.2 cm³/mol. The van der Waals surface area contributed by atoms with E-state index in [-0.39, 0.29) is 46.6 Å². The number of carbonyl (C=O) groups excluding carboxylic acids is 3. The summed E-state index contributed by atoms with van der Waals surface area (Å²) in [5.74, 6) is -2.92. The minimum absolute atomic E-state index is 0. The maximum atomic E-state index is 12.8. The molecule has 3 rings (SSSR count). The monoisotopic (exact) mass is 434 g/mol. The fraction of sp³-hybridized carbons (Fsp3) is 0.471. The van der Waals surface area contributed by atoms with Gasteiger partial charge in [0.25, 0.3) is 5.91 Å². The molecule has 0 radical (unpaired) electrons. The van der Waals surface area contributed by atoms with Crippen LogP contribution in [0.15, 0.2) is 18.2 Å². The van der Waals surface area contributed by atoms with Gasteiger partial charge in [-0.15, -0.1) is 0 Å². The first-order valence-corrected chi connectivity index (χ1v) is 9.83. The van der Waals surface area contributed by atoms with Crippen molar-refractivity contribution in [1.82, 2.24) is 10.2 Å². The molecule has 0 saturated carbocycles. The Morgan fingerprint density at radius 2 is 1.69 bits per heavy atom. The normalized spacial score (nSPS) is 25.9. The molecule has 2 heterocycles. The van der Waals surface area contributed by atoms with Crippen molar-refractivity contribution < 1.29 is 66.9 Å². The summed E-state index contributed by atoms with van der Waals surface area (Å²) in [6.07, 6.45) is 0. The first kappa shape index (κ1) is 23.5. The van der Waals surface area contributed by atoms with Gasteiger partial charge in [-0.1, -0.05) is 6.07 Å². The molecule has 3 atom stereocenters. The number of sulfone groups is 1. The summed E-state index contributed by atoms with van der Waals surface area (Å²) in [5, 5.41) is 12.4. The van der Waals surface area contributed by atoms with Crippen molar-refractivity contribution in [3.05, 3.63) is 23.8 Å². The molecule has 2 aliphatic heterocycles. The molecule has 1 N–H and O–H groups in total. The first-order valence-electron chi connectivity index (χ1n) is 8.29. The van der Waals surface area contributed by atoms with E-state index in [0.717, 1.165) is 4.90 Å². The number of carboxylic acids is 1. The summed E-state index contributed by atoms with van der Waals surface area (Å²) in [7, 11) is -1.41. The second-order valence-corrected chi connectivity index (χ2v) is 9.62. The average Bonchev–Trinajstić information content (AvgIpc) is 2.78. The van der Waals surface area contributed by atoms with Gasteiger partial charge in [0.2, 0.25) is 5.91 Å². The first-order chi connectivity index (χ1) is 13.0. The number of fused-ring (bicyclic) bond motifs is 1. The predicted octanol–water partition coefficient (Wildman–Crippen LogP) is -4.70. The number of nitrogens with one attached hydrogen (secondary N) is 1. The number of carboxylic acid groups (broad SMARTS) is 1. The van der Waals surface area contributed by atoms with Gasteiger partial charge < -0.3 is 29.6 Å². The van der Waals surface area contributed by atoms with E-state index in [0.29, 0.717) is 0 Å². The van der Waals surface area contributed by atoms with Crippen LogP contribution in [0.3, 0.4) is 0 Å². The van der Waals surface area contributed by atoms with Crippen LogP contribution in [0.25, 0.3) is 0 Å². The van der Waals surface area contributed by atoms with Crippen LogP contribution >= 0.6 is 0 Å². The van der Waals surface area contributed by atoms with Gasteiger partial charge in [0.15, 0.2) is 15.2 Å². The number of hydrogen-bond donors (Lipinski definition) is 1. The number of benzene rings is 1. The third kappa shape index (κ3) is 3.20. The molecule has 2 fully saturated rings. The molecular formula is C17H19N2NaO8S. The number of methoxy groups -OCH3 is 2. The second kappa shape index (κ2) is 7.78. The molecule has 29 heavy (non-hydrogen) atoms. The summed E-state index contributed by atoms with van der Waals surface area (Å²) in [6.45, 7) is 2.44. The summed E-state index contributed by atoms with van der Waals surface area (Å²) >= 11 is 0. The average molecular weight is 434 g/mol. The van der Waals surface area contributed by atoms with E-state index >= 15 is 0 Å². The standard InChI is InChI=1S/C17H20N2O8S.Na/c1-17(2)12(16(22)23)19-14(21)11(15(19)28(17,24)25)18-13(20)10-8(26-3)6-5-7-9(10)27-4;/h5-7,11-12,15H,1-4H3,(H,18,20)(H,22,23);/q;+1/p-1/t11-,12+,15-;/m1./s1. The van der Waals surface area contributed by atoms with Gasteiger partial charge in [-0.05, 0) is 26.0 Å². The van der Waals surface area contributed by atoms with Crippen molar-refractivity contribution in [1.29, 1.82) is 0 Å². The molecule has 0 aromatic heterocycles. The Bertz CT molecular complexity index is 955. The van der Waals surface area contributed by atoms with E-state index < -0.39 is 49.8 Å². The molecule has 12 heteroatoms. The van der Waals surface area contributed by atoms with E-state index in [4.69, 9.17) is 9.47 Å². The molecule has 0 bridgehead atoms. The Hall–Kier alpha value is -1.82. The Kier molecular flexibility index (Phi) is 6.30. The van der Waals surface area contributed by atoms with Crippen molar-refractivity contribution in [2.75, 3.05) is 14.2 Å². The van der Waals surface area contributed by atoms with Crippen LogP contribution in [-0.4, -0.2) is 67.5 Å². The number of nitrogens with zero attached hydrogens (tertiary/aromatic N) is 1. The van der Waals surface area contributed by atoms with E-state index in [9.17, 15) is 27.9 Å². The van der Waals surface area contributed by atoms with Gasteiger partial charge in [-0.2, -0.15) is 0 Å². The van der Waals surface area contributed by atoms with Gasteiger partial charge in [-0.3, -0.25) is 9.59 Å². The number of carbonyl (C=O) groups is 3. The van der Waals surface area contributed by atoms with Gasteiger partial charge in [-0.25, -0.2) is 8.42 Å². The van der Waals surface area contributed by atoms with Crippen LogP contribution in [0.1, 0.15) is 24.2 Å². The molecule has 10 nitrogen and oxygen atoms in total. The SMILES string of the molecule is COc1cccc(OC)c1C(=O)N[C@@H]1C(=O)N2[C@@H](C(=O)[O-])C(C)(C)S(=O)(=O)[C@H]12.[Na+]. The molecule has 0 aliphatic carbocycles. The van der Waals surface area contributed by atoms with E-state index in [1.807, 2.05) is 0 Å². The molecule has 2 amide bonds. The number of ether oxygens (including phenoxy) is 2. The van der Waals surface area contributed by atoms with Gasteiger partial charge in [0.1, 0.15) is 23.1 Å². The quantitative estimate of drug-likeness (QED) is 0.360. The molecule has 152 valence electrons. The smallest absolute Gasteiger partial charge is 0.548 e. The zero-order valence-corrected chi connectivity index (χ0v) is 19.4. The third-order valence-corrected chi connectivity index (χ3v) is 8.06. The van der Waals surface area contributed by atoms with Gasteiger partial charge in [0.05, 0.1) is 31.0 Å². The third-order valence-electron chi connectivity index (χ3n) is 5.23. The van der Waals surface area contributed by atoms with Crippen molar-refractivity contribution in [3.63, 3.8) is 0 Å². The minimum atomic E-state index is -4.09. The summed E-state index contributed by atoms with van der Waals surface area (Å²) in [4.78, 5) is 37.5. The molecule has 1 aromatic rings. The minimum Gasteiger partial charge on any atom is -0.548 e. The fourth-order valence-corrected chi connectivity index (χ4v) is 5.92. The summed E-state index contributed by atoms with van der Waals surface area (Å²) in [5.41, 5.74) is -0.00939. The topological polar surface area (TPSA) is 142 Å². The fourth-order valence-electron chi connectivity index (χ4n) is 3.71. The van der Waals surface area contributed by atoms with E-state index in [2.05, 4.69) is 5.32 Å². The second-order valence-electron chi connectivity index (χ2n) is 6.99. The Balaban J connectivity index is 0.00000300. The van der Waals surface area contributed by atoms with Crippen molar-refractivity contribution in [2.45, 2.75) is 36.1 Å². The number of amides is 2. The van der Waals surface area contributed by atoms with Crippen LogP contribution in [0.2, 0.25) is 0 Å². The number of β-lactam (4-membered cyclic amide) rings is 1. The number of aliphatic carboxylic acids is 1. The van der Waals surface area contributed by atoms with Gasteiger partial charge in [0, 0.05) is 0 Å².